The maximum Gasteiger partial charge on any atom is 0.253 e. The number of nitrogens with one attached hydrogen (secondary N) is 2. The summed E-state index contributed by atoms with van der Waals surface area (Å²) in [7, 11) is 1.96. The molecule has 2 amide bonds. The number of aryl methyl sites for hydroxylation is 1. The molecule has 3 rings (SSSR count). The summed E-state index contributed by atoms with van der Waals surface area (Å²) < 4.78 is 0. The van der Waals surface area contributed by atoms with Crippen LogP contribution in [-0.4, -0.2) is 43.4 Å². The van der Waals surface area contributed by atoms with Crippen molar-refractivity contribution in [3.8, 4) is 0 Å². The molecule has 5 nitrogen and oxygen atoms in total. The smallest absolute Gasteiger partial charge is 0.253 e. The molecule has 1 atom stereocenters. The molecule has 0 spiro atoms. The number of piperidine rings is 1. The summed E-state index contributed by atoms with van der Waals surface area (Å²) in [5.41, 5.74) is 2.65. The summed E-state index contributed by atoms with van der Waals surface area (Å²) in [6.45, 7) is 2.63. The van der Waals surface area contributed by atoms with Gasteiger partial charge in [-0.15, -0.1) is 0 Å². The van der Waals surface area contributed by atoms with Crippen LogP contribution >= 0.6 is 0 Å². The van der Waals surface area contributed by atoms with E-state index in [0.717, 1.165) is 42.9 Å². The second-order valence-corrected chi connectivity index (χ2v) is 6.24. The first kappa shape index (κ1) is 15.0. The van der Waals surface area contributed by atoms with Gasteiger partial charge in [-0.25, -0.2) is 0 Å². The quantitative estimate of drug-likeness (QED) is 0.892. The third-order valence-corrected chi connectivity index (χ3v) is 4.55. The number of anilines is 1. The zero-order valence-electron chi connectivity index (χ0n) is 13.0. The predicted molar refractivity (Wildman–Crippen MR) is 85.9 cm³/mol. The number of nitrogens with zero attached hydrogens (tertiary/aromatic N) is 1. The van der Waals surface area contributed by atoms with Crippen molar-refractivity contribution < 1.29 is 9.59 Å². The Bertz CT molecular complexity index is 583. The molecule has 5 heteroatoms. The zero-order valence-corrected chi connectivity index (χ0v) is 13.0. The Morgan fingerprint density at radius 2 is 2.27 bits per heavy atom. The second-order valence-electron chi connectivity index (χ2n) is 6.24. The third-order valence-electron chi connectivity index (χ3n) is 4.55. The molecule has 0 bridgehead atoms. The van der Waals surface area contributed by atoms with Crippen LogP contribution in [0.2, 0.25) is 0 Å². The Kier molecular flexibility index (Phi) is 4.43. The summed E-state index contributed by atoms with van der Waals surface area (Å²) in [5, 5.41) is 6.06. The lowest BCUT2D eigenvalue weighted by Gasteiger charge is -2.33. The van der Waals surface area contributed by atoms with Gasteiger partial charge in [0, 0.05) is 30.8 Å². The molecule has 2 aliphatic heterocycles. The predicted octanol–water partition coefficient (Wildman–Crippen LogP) is 1.64. The Morgan fingerprint density at radius 1 is 1.41 bits per heavy atom. The van der Waals surface area contributed by atoms with Crippen LogP contribution in [0.5, 0.6) is 0 Å². The van der Waals surface area contributed by atoms with E-state index < -0.39 is 0 Å². The van der Waals surface area contributed by atoms with Gasteiger partial charge in [0.15, 0.2) is 0 Å². The normalized spacial score (nSPS) is 21.2. The van der Waals surface area contributed by atoms with E-state index >= 15 is 0 Å². The molecule has 22 heavy (non-hydrogen) atoms. The fourth-order valence-electron chi connectivity index (χ4n) is 3.40. The van der Waals surface area contributed by atoms with Gasteiger partial charge in [-0.3, -0.25) is 9.59 Å². The summed E-state index contributed by atoms with van der Waals surface area (Å²) >= 11 is 0. The molecule has 1 aromatic rings. The molecule has 2 heterocycles. The molecule has 0 radical (unpaired) electrons. The van der Waals surface area contributed by atoms with Crippen molar-refractivity contribution in [1.82, 2.24) is 10.2 Å². The molecule has 2 N–H and O–H groups in total. The number of likely N-dealkylation sites (tertiary alicyclic amines) is 1. The highest BCUT2D eigenvalue weighted by Gasteiger charge is 2.25. The number of amides is 2. The summed E-state index contributed by atoms with van der Waals surface area (Å²) in [4.78, 5) is 26.1. The molecule has 118 valence electrons. The second kappa shape index (κ2) is 6.48. The first-order valence-corrected chi connectivity index (χ1v) is 8.04. The molecule has 1 saturated heterocycles. The monoisotopic (exact) mass is 301 g/mol. The Labute approximate surface area is 131 Å². The molecule has 0 saturated carbocycles. The number of carbonyl (C=O) groups is 2. The van der Waals surface area contributed by atoms with E-state index in [4.69, 9.17) is 0 Å². The van der Waals surface area contributed by atoms with E-state index in [0.29, 0.717) is 18.8 Å². The summed E-state index contributed by atoms with van der Waals surface area (Å²) in [6.07, 6.45) is 3.46. The first-order chi connectivity index (χ1) is 10.7. The van der Waals surface area contributed by atoms with Crippen molar-refractivity contribution in [2.45, 2.75) is 25.7 Å². The maximum atomic E-state index is 12.7. The van der Waals surface area contributed by atoms with Gasteiger partial charge in [-0.2, -0.15) is 0 Å². The van der Waals surface area contributed by atoms with E-state index in [1.807, 2.05) is 30.1 Å². The molecule has 1 unspecified atom stereocenters. The van der Waals surface area contributed by atoms with Gasteiger partial charge in [0.05, 0.1) is 0 Å². The molecular formula is C17H23N3O2. The number of fused-ring (bicyclic) bond motifs is 1. The van der Waals surface area contributed by atoms with Gasteiger partial charge in [0.2, 0.25) is 5.91 Å². The highest BCUT2D eigenvalue weighted by molar-refractivity contribution is 5.98. The van der Waals surface area contributed by atoms with Crippen LogP contribution in [0.3, 0.4) is 0 Å². The Morgan fingerprint density at radius 3 is 3.09 bits per heavy atom. The van der Waals surface area contributed by atoms with Crippen molar-refractivity contribution in [2.75, 3.05) is 32.0 Å². The van der Waals surface area contributed by atoms with Crippen LogP contribution in [-0.2, 0) is 11.2 Å². The van der Waals surface area contributed by atoms with Crippen molar-refractivity contribution in [3.63, 3.8) is 0 Å². The summed E-state index contributed by atoms with van der Waals surface area (Å²) in [5.74, 6) is 0.706. The van der Waals surface area contributed by atoms with Gasteiger partial charge >= 0.3 is 0 Å². The maximum absolute atomic E-state index is 12.7. The highest BCUT2D eigenvalue weighted by Crippen LogP contribution is 2.25. The average Bonchev–Trinajstić information content (AvgIpc) is 2.54. The molecule has 0 aliphatic carbocycles. The van der Waals surface area contributed by atoms with E-state index in [1.165, 1.54) is 6.42 Å². The Hall–Kier alpha value is -1.88. The molecule has 1 fully saturated rings. The van der Waals surface area contributed by atoms with Gasteiger partial charge < -0.3 is 15.5 Å². The van der Waals surface area contributed by atoms with Crippen molar-refractivity contribution in [1.29, 1.82) is 0 Å². The number of hydrogen-bond donors (Lipinski definition) is 2. The minimum absolute atomic E-state index is 0.0533. The van der Waals surface area contributed by atoms with Crippen molar-refractivity contribution >= 4 is 17.5 Å². The van der Waals surface area contributed by atoms with Gasteiger partial charge in [0.25, 0.3) is 5.91 Å². The topological polar surface area (TPSA) is 61.4 Å². The molecule has 2 aliphatic rings. The van der Waals surface area contributed by atoms with E-state index in [-0.39, 0.29) is 11.8 Å². The van der Waals surface area contributed by atoms with Gasteiger partial charge in [-0.05, 0) is 62.5 Å². The van der Waals surface area contributed by atoms with Crippen molar-refractivity contribution in [3.05, 3.63) is 29.3 Å². The van der Waals surface area contributed by atoms with Gasteiger partial charge in [0.1, 0.15) is 0 Å². The number of rotatable bonds is 3. The Balaban J connectivity index is 1.73. The van der Waals surface area contributed by atoms with Crippen LogP contribution < -0.4 is 10.6 Å². The highest BCUT2D eigenvalue weighted by atomic mass is 16.2. The lowest BCUT2D eigenvalue weighted by Crippen LogP contribution is -2.42. The minimum atomic E-state index is 0.0533. The van der Waals surface area contributed by atoms with Gasteiger partial charge in [-0.1, -0.05) is 0 Å². The molecule has 1 aromatic carbocycles. The lowest BCUT2D eigenvalue weighted by molar-refractivity contribution is -0.116. The average molecular weight is 301 g/mol. The number of benzene rings is 1. The minimum Gasteiger partial charge on any atom is -0.338 e. The van der Waals surface area contributed by atoms with E-state index in [2.05, 4.69) is 10.6 Å². The van der Waals surface area contributed by atoms with E-state index in [1.54, 1.807) is 0 Å². The largest absolute Gasteiger partial charge is 0.338 e. The standard InChI is InChI=1S/C17H23N3O2/c1-18-10-12-3-2-8-20(11-12)17(22)14-4-6-15-13(9-14)5-7-16(21)19-15/h4,6,9,12,18H,2-3,5,7-8,10-11H2,1H3,(H,19,21). The number of carbonyl (C=O) groups excluding carboxylic acids is 2. The molecular weight excluding hydrogens is 278 g/mol. The van der Waals surface area contributed by atoms with Crippen LogP contribution in [0.25, 0.3) is 0 Å². The number of hydrogen-bond acceptors (Lipinski definition) is 3. The zero-order chi connectivity index (χ0) is 15.5. The lowest BCUT2D eigenvalue weighted by atomic mass is 9.96. The fraction of sp³-hybridized carbons (Fsp3) is 0.529. The van der Waals surface area contributed by atoms with E-state index in [9.17, 15) is 9.59 Å². The van der Waals surface area contributed by atoms with Crippen LogP contribution in [0.1, 0.15) is 35.2 Å². The van der Waals surface area contributed by atoms with Crippen LogP contribution in [0.15, 0.2) is 18.2 Å². The van der Waals surface area contributed by atoms with Crippen LogP contribution in [0, 0.1) is 5.92 Å². The summed E-state index contributed by atoms with van der Waals surface area (Å²) in [6, 6.07) is 5.63. The van der Waals surface area contributed by atoms with Crippen molar-refractivity contribution in [2.24, 2.45) is 5.92 Å². The van der Waals surface area contributed by atoms with Crippen LogP contribution in [0.4, 0.5) is 5.69 Å². The third kappa shape index (κ3) is 3.14. The molecule has 0 aromatic heterocycles. The first-order valence-electron chi connectivity index (χ1n) is 8.04. The fourth-order valence-corrected chi connectivity index (χ4v) is 3.40. The SMILES string of the molecule is CNCC1CCCN(C(=O)c2ccc3c(c2)CCC(=O)N3)C1.